The number of rotatable bonds is 9. The smallest absolute Gasteiger partial charge is 0.341 e. The van der Waals surface area contributed by atoms with E-state index in [9.17, 15) is 4.79 Å². The molecule has 1 atom stereocenters. The van der Waals surface area contributed by atoms with Crippen molar-refractivity contribution in [2.75, 3.05) is 34.9 Å². The van der Waals surface area contributed by atoms with Gasteiger partial charge >= 0.3 is 5.97 Å². The van der Waals surface area contributed by atoms with Gasteiger partial charge in [0.25, 0.3) is 0 Å². The standard InChI is InChI=1S/C22H29N3O5.HI/c1-15(30-20-9-7-6-8-19(20)28-4)13-24-22(23-2)25-14-16-10-11-18(27-3)17(12-16)21(26)29-5;/h6-12,15H,13-14H2,1-5H3,(H2,23,24,25);1H. The summed E-state index contributed by atoms with van der Waals surface area (Å²) in [6.07, 6.45) is -0.119. The van der Waals surface area contributed by atoms with Gasteiger partial charge in [0.1, 0.15) is 17.4 Å². The minimum absolute atomic E-state index is 0. The van der Waals surface area contributed by atoms with E-state index < -0.39 is 5.97 Å². The van der Waals surface area contributed by atoms with Crippen molar-refractivity contribution < 1.29 is 23.7 Å². The highest BCUT2D eigenvalue weighted by molar-refractivity contribution is 14.0. The van der Waals surface area contributed by atoms with Crippen molar-refractivity contribution in [3.05, 3.63) is 53.6 Å². The molecule has 0 saturated heterocycles. The van der Waals surface area contributed by atoms with Crippen molar-refractivity contribution in [2.24, 2.45) is 4.99 Å². The van der Waals surface area contributed by atoms with Gasteiger partial charge in [-0.25, -0.2) is 4.79 Å². The quantitative estimate of drug-likeness (QED) is 0.217. The van der Waals surface area contributed by atoms with Crippen LogP contribution >= 0.6 is 24.0 Å². The number of halogens is 1. The summed E-state index contributed by atoms with van der Waals surface area (Å²) in [5.74, 6) is 2.01. The zero-order chi connectivity index (χ0) is 21.9. The second-order valence-electron chi connectivity index (χ2n) is 6.41. The van der Waals surface area contributed by atoms with Crippen molar-refractivity contribution in [2.45, 2.75) is 19.6 Å². The number of esters is 1. The highest BCUT2D eigenvalue weighted by Crippen LogP contribution is 2.26. The predicted octanol–water partition coefficient (Wildman–Crippen LogP) is 3.24. The predicted molar refractivity (Wildman–Crippen MR) is 131 cm³/mol. The molecule has 0 aliphatic carbocycles. The number of para-hydroxylation sites is 2. The average molecular weight is 543 g/mol. The van der Waals surface area contributed by atoms with Crippen LogP contribution in [0.1, 0.15) is 22.8 Å². The molecule has 2 aromatic carbocycles. The van der Waals surface area contributed by atoms with Crippen molar-refractivity contribution in [1.82, 2.24) is 10.6 Å². The Morgan fingerprint density at radius 1 is 1.00 bits per heavy atom. The molecule has 31 heavy (non-hydrogen) atoms. The molecule has 170 valence electrons. The molecular formula is C22H30IN3O5. The molecule has 0 saturated carbocycles. The van der Waals surface area contributed by atoms with Crippen LogP contribution < -0.4 is 24.8 Å². The highest BCUT2D eigenvalue weighted by atomic mass is 127. The summed E-state index contributed by atoms with van der Waals surface area (Å²) < 4.78 is 21.3. The van der Waals surface area contributed by atoms with Crippen molar-refractivity contribution in [1.29, 1.82) is 0 Å². The van der Waals surface area contributed by atoms with Crippen LogP contribution in [0, 0.1) is 0 Å². The summed E-state index contributed by atoms with van der Waals surface area (Å²) >= 11 is 0. The van der Waals surface area contributed by atoms with Gasteiger partial charge in [-0.1, -0.05) is 18.2 Å². The van der Waals surface area contributed by atoms with Gasteiger partial charge in [-0.2, -0.15) is 0 Å². The van der Waals surface area contributed by atoms with Crippen LogP contribution in [0.2, 0.25) is 0 Å². The van der Waals surface area contributed by atoms with Crippen LogP contribution in [0.25, 0.3) is 0 Å². The van der Waals surface area contributed by atoms with Gasteiger partial charge in [0.15, 0.2) is 17.5 Å². The number of aliphatic imine (C=N–C) groups is 1. The molecule has 0 radical (unpaired) electrons. The van der Waals surface area contributed by atoms with Crippen LogP contribution in [-0.2, 0) is 11.3 Å². The van der Waals surface area contributed by atoms with E-state index in [0.29, 0.717) is 41.9 Å². The summed E-state index contributed by atoms with van der Waals surface area (Å²) in [5.41, 5.74) is 1.26. The zero-order valence-corrected chi connectivity index (χ0v) is 20.8. The number of carbonyl (C=O) groups is 1. The fourth-order valence-corrected chi connectivity index (χ4v) is 2.76. The van der Waals surface area contributed by atoms with E-state index in [1.807, 2.05) is 37.3 Å². The first kappa shape index (κ1) is 26.3. The fraction of sp³-hybridized carbons (Fsp3) is 0.364. The van der Waals surface area contributed by atoms with E-state index in [1.54, 1.807) is 26.3 Å². The molecule has 0 aromatic heterocycles. The molecule has 9 heteroatoms. The summed E-state index contributed by atoms with van der Waals surface area (Å²) in [6.45, 7) is 2.96. The van der Waals surface area contributed by atoms with Crippen molar-refractivity contribution in [3.8, 4) is 17.2 Å². The maximum absolute atomic E-state index is 11.9. The number of methoxy groups -OCH3 is 3. The molecule has 2 N–H and O–H groups in total. The summed E-state index contributed by atoms with van der Waals surface area (Å²) in [6, 6.07) is 12.9. The van der Waals surface area contributed by atoms with Gasteiger partial charge in [0.2, 0.25) is 0 Å². The van der Waals surface area contributed by atoms with E-state index in [-0.39, 0.29) is 30.1 Å². The lowest BCUT2D eigenvalue weighted by Crippen LogP contribution is -2.41. The van der Waals surface area contributed by atoms with Gasteiger partial charge in [-0.15, -0.1) is 24.0 Å². The number of carbonyl (C=O) groups excluding carboxylic acids is 1. The third-order valence-electron chi connectivity index (χ3n) is 4.31. The topological polar surface area (TPSA) is 90.4 Å². The minimum atomic E-state index is -0.446. The van der Waals surface area contributed by atoms with Gasteiger partial charge in [-0.3, -0.25) is 4.99 Å². The van der Waals surface area contributed by atoms with E-state index in [2.05, 4.69) is 15.6 Å². The normalized spacial score (nSPS) is 11.6. The monoisotopic (exact) mass is 543 g/mol. The lowest BCUT2D eigenvalue weighted by atomic mass is 10.1. The maximum Gasteiger partial charge on any atom is 0.341 e. The number of ether oxygens (including phenoxy) is 4. The van der Waals surface area contributed by atoms with E-state index in [4.69, 9.17) is 18.9 Å². The number of hydrogen-bond donors (Lipinski definition) is 2. The van der Waals surface area contributed by atoms with Gasteiger partial charge < -0.3 is 29.6 Å². The zero-order valence-electron chi connectivity index (χ0n) is 18.4. The summed E-state index contributed by atoms with van der Waals surface area (Å²) in [5, 5.41) is 6.44. The first-order valence-corrected chi connectivity index (χ1v) is 9.51. The van der Waals surface area contributed by atoms with Crippen LogP contribution in [0.3, 0.4) is 0 Å². The Morgan fingerprint density at radius 3 is 2.29 bits per heavy atom. The number of guanidine groups is 1. The third-order valence-corrected chi connectivity index (χ3v) is 4.31. The molecule has 2 aromatic rings. The maximum atomic E-state index is 11.9. The van der Waals surface area contributed by atoms with Gasteiger partial charge in [0.05, 0.1) is 27.9 Å². The Balaban J connectivity index is 0.00000480. The molecule has 0 heterocycles. The number of nitrogens with one attached hydrogen (secondary N) is 2. The molecule has 0 spiro atoms. The van der Waals surface area contributed by atoms with Gasteiger partial charge in [-0.05, 0) is 36.8 Å². The second kappa shape index (κ2) is 13.6. The molecule has 0 bridgehead atoms. The summed E-state index contributed by atoms with van der Waals surface area (Å²) in [7, 11) is 6.16. The van der Waals surface area contributed by atoms with Gasteiger partial charge in [0, 0.05) is 13.6 Å². The van der Waals surface area contributed by atoms with Crippen LogP contribution in [0.4, 0.5) is 0 Å². The molecule has 0 aliphatic rings. The minimum Gasteiger partial charge on any atom is -0.496 e. The van der Waals surface area contributed by atoms with Crippen LogP contribution in [-0.4, -0.2) is 53.0 Å². The first-order valence-electron chi connectivity index (χ1n) is 9.51. The van der Waals surface area contributed by atoms with E-state index in [1.165, 1.54) is 14.2 Å². The highest BCUT2D eigenvalue weighted by Gasteiger charge is 2.14. The number of hydrogen-bond acceptors (Lipinski definition) is 6. The van der Waals surface area contributed by atoms with Crippen molar-refractivity contribution in [3.63, 3.8) is 0 Å². The molecule has 0 fully saturated rings. The largest absolute Gasteiger partial charge is 0.496 e. The van der Waals surface area contributed by atoms with Crippen molar-refractivity contribution >= 4 is 35.9 Å². The molecule has 8 nitrogen and oxygen atoms in total. The average Bonchev–Trinajstić information content (AvgIpc) is 2.78. The fourth-order valence-electron chi connectivity index (χ4n) is 2.76. The number of benzene rings is 2. The Labute approximate surface area is 200 Å². The molecule has 1 unspecified atom stereocenters. The SMILES string of the molecule is CN=C(NCc1ccc(OC)c(C(=O)OC)c1)NCC(C)Oc1ccccc1OC.I. The van der Waals surface area contributed by atoms with Crippen LogP contribution in [0.15, 0.2) is 47.5 Å². The lowest BCUT2D eigenvalue weighted by Gasteiger charge is -2.19. The second-order valence-corrected chi connectivity index (χ2v) is 6.41. The molecule has 0 aliphatic heterocycles. The first-order chi connectivity index (χ1) is 14.5. The Kier molecular flexibility index (Phi) is 11.5. The van der Waals surface area contributed by atoms with Crippen LogP contribution in [0.5, 0.6) is 17.2 Å². The lowest BCUT2D eigenvalue weighted by molar-refractivity contribution is 0.0597. The Bertz CT molecular complexity index is 876. The Morgan fingerprint density at radius 2 is 1.68 bits per heavy atom. The third kappa shape index (κ3) is 7.82. The van der Waals surface area contributed by atoms with E-state index in [0.717, 1.165) is 5.56 Å². The molecule has 2 rings (SSSR count). The summed E-state index contributed by atoms with van der Waals surface area (Å²) in [4.78, 5) is 16.2. The number of nitrogens with zero attached hydrogens (tertiary/aromatic N) is 1. The van der Waals surface area contributed by atoms with E-state index >= 15 is 0 Å². The Hall–Kier alpha value is -2.69. The molecule has 0 amide bonds. The molecular weight excluding hydrogens is 513 g/mol.